The Morgan fingerprint density at radius 3 is 2.74 bits per heavy atom. The number of carboxylic acids is 1. The molecule has 0 radical (unpaired) electrons. The summed E-state index contributed by atoms with van der Waals surface area (Å²) in [5.74, 6) is -1.18. The van der Waals surface area contributed by atoms with E-state index in [0.29, 0.717) is 43.1 Å². The smallest absolute Gasteiger partial charge is 0.326 e. The maximum Gasteiger partial charge on any atom is 0.326 e. The number of aliphatic imine (C=N–C) groups is 1. The first kappa shape index (κ1) is 26.7. The molecule has 1 fully saturated rings. The van der Waals surface area contributed by atoms with E-state index in [0.717, 1.165) is 16.3 Å². The molecule has 1 aromatic carbocycles. The number of amides is 1. The van der Waals surface area contributed by atoms with E-state index in [2.05, 4.69) is 17.2 Å². The molecule has 12 heteroatoms. The minimum Gasteiger partial charge on any atom is -0.755 e. The van der Waals surface area contributed by atoms with Crippen LogP contribution in [0.15, 0.2) is 23.2 Å². The van der Waals surface area contributed by atoms with Gasteiger partial charge in [-0.05, 0) is 55.6 Å². The summed E-state index contributed by atoms with van der Waals surface area (Å²) in [4.78, 5) is 31.1. The number of nitrogens with one attached hydrogen (secondary N) is 1. The monoisotopic (exact) mass is 507 g/mol. The van der Waals surface area contributed by atoms with Crippen molar-refractivity contribution in [1.29, 1.82) is 0 Å². The number of carbonyl (C=O) groups excluding carboxylic acids is 1. The average molecular weight is 508 g/mol. The number of nitrogens with zero attached hydrogens (tertiary/aromatic N) is 3. The van der Waals surface area contributed by atoms with Crippen LogP contribution in [0.2, 0.25) is 0 Å². The Bertz CT molecular complexity index is 985. The molecule has 5 atom stereocenters. The number of hydrogen-bond donors (Lipinski definition) is 4. The Labute approximate surface area is 208 Å². The second-order valence-electron chi connectivity index (χ2n) is 9.52. The summed E-state index contributed by atoms with van der Waals surface area (Å²) in [6.07, 6.45) is 2.22. The van der Waals surface area contributed by atoms with Gasteiger partial charge in [-0.15, -0.1) is 0 Å². The zero-order chi connectivity index (χ0) is 25.7. The molecule has 2 aliphatic heterocycles. The molecule has 0 aromatic heterocycles. The fourth-order valence-electron chi connectivity index (χ4n) is 4.89. The van der Waals surface area contributed by atoms with Crippen LogP contribution in [-0.2, 0) is 27.3 Å². The molecule has 2 heterocycles. The lowest BCUT2D eigenvalue weighted by atomic mass is 9.91. The summed E-state index contributed by atoms with van der Waals surface area (Å²) >= 11 is -2.80. The maximum atomic E-state index is 13.8. The average Bonchev–Trinajstić information content (AvgIpc) is 2.79. The van der Waals surface area contributed by atoms with Crippen LogP contribution in [-0.4, -0.2) is 68.3 Å². The van der Waals surface area contributed by atoms with Crippen LogP contribution in [0.4, 0.5) is 11.4 Å². The number of likely N-dealkylation sites (tertiary alicyclic amines) is 1. The fraction of sp³-hybridized carbons (Fsp3) is 0.609. The lowest BCUT2D eigenvalue weighted by Gasteiger charge is -2.42. The number of rotatable bonds is 9. The van der Waals surface area contributed by atoms with Gasteiger partial charge in [0.2, 0.25) is 5.91 Å². The van der Waals surface area contributed by atoms with E-state index in [1.54, 1.807) is 12.1 Å². The largest absolute Gasteiger partial charge is 0.755 e. The van der Waals surface area contributed by atoms with E-state index in [4.69, 9.17) is 11.5 Å². The molecular formula is C23H35N6O5S-. The van der Waals surface area contributed by atoms with Gasteiger partial charge in [-0.3, -0.25) is 18.3 Å². The van der Waals surface area contributed by atoms with E-state index in [-0.39, 0.29) is 31.4 Å². The zero-order valence-corrected chi connectivity index (χ0v) is 21.0. The zero-order valence-electron chi connectivity index (χ0n) is 20.2. The number of carbonyl (C=O) groups is 2. The molecule has 1 aromatic rings. The minimum absolute atomic E-state index is 0.0939. The van der Waals surface area contributed by atoms with Gasteiger partial charge in [-0.1, -0.05) is 26.0 Å². The van der Waals surface area contributed by atoms with Gasteiger partial charge in [-0.25, -0.2) is 4.79 Å². The first-order chi connectivity index (χ1) is 16.6. The van der Waals surface area contributed by atoms with Crippen molar-refractivity contribution in [2.75, 3.05) is 29.3 Å². The first-order valence-electron chi connectivity index (χ1n) is 11.9. The molecule has 0 aliphatic carbocycles. The van der Waals surface area contributed by atoms with Gasteiger partial charge in [0.1, 0.15) is 12.1 Å². The fourth-order valence-corrected chi connectivity index (χ4v) is 5.60. The number of nitrogens with two attached hydrogens (primary N) is 2. The Morgan fingerprint density at radius 2 is 2.09 bits per heavy atom. The number of hydrogen-bond acceptors (Lipinski definition) is 6. The highest BCUT2D eigenvalue weighted by atomic mass is 32.2. The Balaban J connectivity index is 2.00. The molecule has 0 spiro atoms. The summed E-state index contributed by atoms with van der Waals surface area (Å²) < 4.78 is 26.3. The maximum absolute atomic E-state index is 13.8. The number of anilines is 2. The Kier molecular flexibility index (Phi) is 8.95. The topological polar surface area (TPSA) is 177 Å². The molecule has 11 nitrogen and oxygen atoms in total. The van der Waals surface area contributed by atoms with Crippen molar-refractivity contribution in [1.82, 2.24) is 4.90 Å². The highest BCUT2D eigenvalue weighted by molar-refractivity contribution is 7.80. The van der Waals surface area contributed by atoms with Crippen LogP contribution in [0, 0.1) is 11.8 Å². The quantitative estimate of drug-likeness (QED) is 0.166. The molecule has 1 amide bonds. The highest BCUT2D eigenvalue weighted by Crippen LogP contribution is 2.37. The molecule has 2 aliphatic rings. The van der Waals surface area contributed by atoms with Crippen LogP contribution in [0.5, 0.6) is 0 Å². The summed E-state index contributed by atoms with van der Waals surface area (Å²) in [7, 11) is 0. The van der Waals surface area contributed by atoms with Crippen molar-refractivity contribution in [2.45, 2.75) is 58.0 Å². The summed E-state index contributed by atoms with van der Waals surface area (Å²) in [6, 6.07) is 3.25. The Morgan fingerprint density at radius 1 is 1.34 bits per heavy atom. The van der Waals surface area contributed by atoms with Gasteiger partial charge < -0.3 is 31.3 Å². The summed E-state index contributed by atoms with van der Waals surface area (Å²) in [5.41, 5.74) is 12.8. The third-order valence-corrected chi connectivity index (χ3v) is 7.43. The number of benzene rings is 1. The minimum atomic E-state index is -2.80. The predicted molar refractivity (Wildman–Crippen MR) is 134 cm³/mol. The Hall–Kier alpha value is -2.86. The predicted octanol–water partition coefficient (Wildman–Crippen LogP) is 1.03. The van der Waals surface area contributed by atoms with E-state index >= 15 is 0 Å². The second kappa shape index (κ2) is 11.7. The molecule has 1 unspecified atom stereocenters. The number of guanidine groups is 1. The molecule has 0 bridgehead atoms. The number of para-hydroxylation sites is 1. The molecule has 1 saturated heterocycles. The van der Waals surface area contributed by atoms with E-state index in [1.165, 1.54) is 4.90 Å². The van der Waals surface area contributed by atoms with Gasteiger partial charge in [0.05, 0.1) is 11.4 Å². The van der Waals surface area contributed by atoms with Crippen molar-refractivity contribution in [2.24, 2.45) is 28.3 Å². The molecule has 0 saturated carbocycles. The summed E-state index contributed by atoms with van der Waals surface area (Å²) in [5, 5.41) is 13.1. The molecule has 194 valence electrons. The highest BCUT2D eigenvalue weighted by Gasteiger charge is 2.40. The molecule has 6 N–H and O–H groups in total. The standard InChI is InChI=1S/C23H36N6O5S/c1-14-8-10-28(19(12-14)22(31)32)21(30)18(7-4-9-26-23(24)25)29(35(33)34)17-6-3-5-16-11-15(2)13-27-20(16)17/h3,5-6,14-15,18-19,27H,4,7-13H2,1-2H3,(H,31,32)(H,33,34)(H4,24,25,26)/p-1/t14-,15-,18+,19-/m1/s1. The second-order valence-corrected chi connectivity index (χ2v) is 10.4. The van der Waals surface area contributed by atoms with Crippen LogP contribution in [0.3, 0.4) is 0 Å². The molecular weight excluding hydrogens is 472 g/mol. The SMILES string of the molecule is C[C@@H]1CCN(C(=O)[C@H](CCCN=C(N)N)N(c2cccc3c2NC[C@H](C)C3)S(=O)[O-])[C@@H](C(=O)O)C1. The van der Waals surface area contributed by atoms with Crippen LogP contribution >= 0.6 is 0 Å². The molecule has 35 heavy (non-hydrogen) atoms. The van der Waals surface area contributed by atoms with Crippen molar-refractivity contribution < 1.29 is 23.5 Å². The van der Waals surface area contributed by atoms with E-state index < -0.39 is 35.2 Å². The molecule has 3 rings (SSSR count). The van der Waals surface area contributed by atoms with Gasteiger partial charge in [0, 0.05) is 30.9 Å². The lowest BCUT2D eigenvalue weighted by molar-refractivity contribution is -0.153. The third kappa shape index (κ3) is 6.43. The lowest BCUT2D eigenvalue weighted by Crippen LogP contribution is -2.57. The van der Waals surface area contributed by atoms with E-state index in [9.17, 15) is 23.5 Å². The van der Waals surface area contributed by atoms with Gasteiger partial charge >= 0.3 is 5.97 Å². The van der Waals surface area contributed by atoms with Crippen molar-refractivity contribution in [3.05, 3.63) is 23.8 Å². The van der Waals surface area contributed by atoms with Gasteiger partial charge in [-0.2, -0.15) is 0 Å². The van der Waals surface area contributed by atoms with Gasteiger partial charge in [0.25, 0.3) is 0 Å². The normalized spacial score (nSPS) is 23.4. The number of aliphatic carboxylic acids is 1. The van der Waals surface area contributed by atoms with Crippen molar-refractivity contribution in [3.8, 4) is 0 Å². The first-order valence-corrected chi connectivity index (χ1v) is 13.0. The van der Waals surface area contributed by atoms with Crippen LogP contribution in [0.1, 0.15) is 45.1 Å². The summed E-state index contributed by atoms with van der Waals surface area (Å²) in [6.45, 7) is 5.20. The van der Waals surface area contributed by atoms with Crippen molar-refractivity contribution in [3.63, 3.8) is 0 Å². The van der Waals surface area contributed by atoms with Crippen LogP contribution in [0.25, 0.3) is 0 Å². The third-order valence-electron chi connectivity index (χ3n) is 6.65. The van der Waals surface area contributed by atoms with Crippen LogP contribution < -0.4 is 21.1 Å². The van der Waals surface area contributed by atoms with E-state index in [1.807, 2.05) is 13.0 Å². The number of fused-ring (bicyclic) bond motifs is 1. The number of carboxylic acid groups (broad SMARTS) is 1. The number of piperidine rings is 1. The van der Waals surface area contributed by atoms with Crippen molar-refractivity contribution >= 4 is 40.5 Å². The van der Waals surface area contributed by atoms with Gasteiger partial charge in [0.15, 0.2) is 5.96 Å².